The van der Waals surface area contributed by atoms with Crippen molar-refractivity contribution in [3.05, 3.63) is 35.4 Å². The van der Waals surface area contributed by atoms with Gasteiger partial charge in [-0.3, -0.25) is 4.79 Å². The van der Waals surface area contributed by atoms with E-state index in [0.717, 1.165) is 12.1 Å². The molecule has 1 atom stereocenters. The summed E-state index contributed by atoms with van der Waals surface area (Å²) >= 11 is 0. The SMILES string of the molecule is C[C@H]1CN(C(=O)c2ccc(F)cc2F)CCN1. The van der Waals surface area contributed by atoms with Crippen LogP contribution in [0, 0.1) is 11.6 Å². The van der Waals surface area contributed by atoms with Crippen LogP contribution in [-0.4, -0.2) is 36.5 Å². The number of carbonyl (C=O) groups excluding carboxylic acids is 1. The van der Waals surface area contributed by atoms with Gasteiger partial charge in [0.1, 0.15) is 11.6 Å². The van der Waals surface area contributed by atoms with E-state index >= 15 is 0 Å². The number of rotatable bonds is 1. The van der Waals surface area contributed by atoms with Crippen LogP contribution in [-0.2, 0) is 0 Å². The zero-order valence-electron chi connectivity index (χ0n) is 9.54. The lowest BCUT2D eigenvalue weighted by Crippen LogP contribution is -2.51. The molecule has 0 spiro atoms. The number of nitrogens with zero attached hydrogens (tertiary/aromatic N) is 1. The van der Waals surface area contributed by atoms with Gasteiger partial charge in [0, 0.05) is 31.7 Å². The van der Waals surface area contributed by atoms with Crippen molar-refractivity contribution in [1.82, 2.24) is 10.2 Å². The predicted octanol–water partition coefficient (Wildman–Crippen LogP) is 1.40. The van der Waals surface area contributed by atoms with E-state index in [2.05, 4.69) is 5.32 Å². The highest BCUT2D eigenvalue weighted by Crippen LogP contribution is 2.13. The van der Waals surface area contributed by atoms with Crippen molar-refractivity contribution < 1.29 is 13.6 Å². The lowest BCUT2D eigenvalue weighted by atomic mass is 10.1. The van der Waals surface area contributed by atoms with Crippen molar-refractivity contribution >= 4 is 5.91 Å². The second-order valence-corrected chi connectivity index (χ2v) is 4.23. The van der Waals surface area contributed by atoms with Gasteiger partial charge >= 0.3 is 0 Å². The van der Waals surface area contributed by atoms with Crippen LogP contribution in [0.15, 0.2) is 18.2 Å². The molecule has 1 aromatic carbocycles. The average Bonchev–Trinajstić information content (AvgIpc) is 2.28. The molecule has 1 aromatic rings. The Bertz CT molecular complexity index is 437. The van der Waals surface area contributed by atoms with Crippen molar-refractivity contribution in [2.24, 2.45) is 0 Å². The molecular weight excluding hydrogens is 226 g/mol. The highest BCUT2D eigenvalue weighted by atomic mass is 19.1. The monoisotopic (exact) mass is 240 g/mol. The van der Waals surface area contributed by atoms with E-state index in [1.807, 2.05) is 6.92 Å². The van der Waals surface area contributed by atoms with Crippen molar-refractivity contribution in [2.45, 2.75) is 13.0 Å². The number of carbonyl (C=O) groups is 1. The summed E-state index contributed by atoms with van der Waals surface area (Å²) in [5.41, 5.74) is -0.0690. The minimum Gasteiger partial charge on any atom is -0.336 e. The van der Waals surface area contributed by atoms with Crippen LogP contribution < -0.4 is 5.32 Å². The standard InChI is InChI=1S/C12H14F2N2O/c1-8-7-16(5-4-15-8)12(17)10-3-2-9(13)6-11(10)14/h2-3,6,8,15H,4-5,7H2,1H3/t8-/m0/s1. The van der Waals surface area contributed by atoms with Gasteiger partial charge in [-0.25, -0.2) is 8.78 Å². The molecule has 0 bridgehead atoms. The second-order valence-electron chi connectivity index (χ2n) is 4.23. The van der Waals surface area contributed by atoms with Gasteiger partial charge in [0.05, 0.1) is 5.56 Å². The Balaban J connectivity index is 2.18. The molecule has 0 saturated carbocycles. The van der Waals surface area contributed by atoms with Crippen molar-refractivity contribution in [3.63, 3.8) is 0 Å². The molecule has 17 heavy (non-hydrogen) atoms. The van der Waals surface area contributed by atoms with Gasteiger partial charge in [-0.1, -0.05) is 0 Å². The third-order valence-electron chi connectivity index (χ3n) is 2.82. The number of hydrogen-bond donors (Lipinski definition) is 1. The summed E-state index contributed by atoms with van der Waals surface area (Å²) in [6.07, 6.45) is 0. The zero-order chi connectivity index (χ0) is 12.4. The third-order valence-corrected chi connectivity index (χ3v) is 2.82. The van der Waals surface area contributed by atoms with E-state index in [9.17, 15) is 13.6 Å². The van der Waals surface area contributed by atoms with Gasteiger partial charge in [0.15, 0.2) is 0 Å². The Hall–Kier alpha value is -1.49. The molecule has 1 amide bonds. The Morgan fingerprint density at radius 2 is 2.24 bits per heavy atom. The Kier molecular flexibility index (Phi) is 3.38. The first-order valence-electron chi connectivity index (χ1n) is 5.55. The van der Waals surface area contributed by atoms with Crippen molar-refractivity contribution in [1.29, 1.82) is 0 Å². The Morgan fingerprint density at radius 1 is 1.47 bits per heavy atom. The van der Waals surface area contributed by atoms with E-state index in [-0.39, 0.29) is 17.5 Å². The number of hydrogen-bond acceptors (Lipinski definition) is 2. The molecule has 0 radical (unpaired) electrons. The fourth-order valence-corrected chi connectivity index (χ4v) is 1.95. The Labute approximate surface area is 98.4 Å². The first-order valence-corrected chi connectivity index (χ1v) is 5.55. The molecule has 0 aliphatic carbocycles. The molecular formula is C12H14F2N2O. The quantitative estimate of drug-likeness (QED) is 0.804. The van der Waals surface area contributed by atoms with Crippen LogP contribution in [0.25, 0.3) is 0 Å². The van der Waals surface area contributed by atoms with Gasteiger partial charge in [0.25, 0.3) is 5.91 Å². The first-order chi connectivity index (χ1) is 8.08. The van der Waals surface area contributed by atoms with Crippen LogP contribution in [0.4, 0.5) is 8.78 Å². The molecule has 1 fully saturated rings. The summed E-state index contributed by atoms with van der Waals surface area (Å²) in [6, 6.07) is 3.22. The maximum atomic E-state index is 13.4. The largest absolute Gasteiger partial charge is 0.336 e. The normalized spacial score (nSPS) is 20.4. The van der Waals surface area contributed by atoms with E-state index in [1.54, 1.807) is 4.90 Å². The van der Waals surface area contributed by atoms with Gasteiger partial charge in [-0.05, 0) is 19.1 Å². The summed E-state index contributed by atoms with van der Waals surface area (Å²) in [5, 5.41) is 3.19. The Morgan fingerprint density at radius 3 is 2.88 bits per heavy atom. The van der Waals surface area contributed by atoms with Crippen LogP contribution in [0.2, 0.25) is 0 Å². The van der Waals surface area contributed by atoms with Crippen molar-refractivity contribution in [3.8, 4) is 0 Å². The van der Waals surface area contributed by atoms with E-state index < -0.39 is 11.6 Å². The number of amides is 1. The van der Waals surface area contributed by atoms with Gasteiger partial charge < -0.3 is 10.2 Å². The van der Waals surface area contributed by atoms with Crippen LogP contribution in [0.1, 0.15) is 17.3 Å². The van der Waals surface area contributed by atoms with Gasteiger partial charge in [0.2, 0.25) is 0 Å². The zero-order valence-corrected chi connectivity index (χ0v) is 9.54. The third kappa shape index (κ3) is 2.61. The molecule has 1 aliphatic heterocycles. The maximum Gasteiger partial charge on any atom is 0.256 e. The van der Waals surface area contributed by atoms with Gasteiger partial charge in [-0.2, -0.15) is 0 Å². The minimum atomic E-state index is -0.804. The van der Waals surface area contributed by atoms with E-state index in [1.165, 1.54) is 6.07 Å². The number of nitrogens with one attached hydrogen (secondary N) is 1. The molecule has 1 heterocycles. The van der Waals surface area contributed by atoms with Crippen LogP contribution in [0.3, 0.4) is 0 Å². The fourth-order valence-electron chi connectivity index (χ4n) is 1.95. The summed E-state index contributed by atoms with van der Waals surface area (Å²) in [7, 11) is 0. The molecule has 1 aliphatic rings. The maximum absolute atomic E-state index is 13.4. The van der Waals surface area contributed by atoms with Crippen LogP contribution >= 0.6 is 0 Å². The molecule has 1 N–H and O–H groups in total. The van der Waals surface area contributed by atoms with E-state index in [4.69, 9.17) is 0 Å². The second kappa shape index (κ2) is 4.79. The molecule has 5 heteroatoms. The molecule has 3 nitrogen and oxygen atoms in total. The number of halogens is 2. The molecule has 2 rings (SSSR count). The van der Waals surface area contributed by atoms with E-state index in [0.29, 0.717) is 19.6 Å². The lowest BCUT2D eigenvalue weighted by molar-refractivity contribution is 0.0704. The van der Waals surface area contributed by atoms with Crippen LogP contribution in [0.5, 0.6) is 0 Å². The molecule has 92 valence electrons. The summed E-state index contributed by atoms with van der Waals surface area (Å²) < 4.78 is 26.2. The van der Waals surface area contributed by atoms with Crippen molar-refractivity contribution in [2.75, 3.05) is 19.6 Å². The highest BCUT2D eigenvalue weighted by Gasteiger charge is 2.23. The number of piperazine rings is 1. The molecule has 1 saturated heterocycles. The fraction of sp³-hybridized carbons (Fsp3) is 0.417. The summed E-state index contributed by atoms with van der Waals surface area (Å²) in [5.74, 6) is -1.86. The topological polar surface area (TPSA) is 32.3 Å². The lowest BCUT2D eigenvalue weighted by Gasteiger charge is -2.32. The predicted molar refractivity (Wildman–Crippen MR) is 59.7 cm³/mol. The number of benzene rings is 1. The minimum absolute atomic E-state index is 0.0690. The highest BCUT2D eigenvalue weighted by molar-refractivity contribution is 5.94. The molecule has 0 unspecified atom stereocenters. The summed E-state index contributed by atoms with van der Waals surface area (Å²) in [4.78, 5) is 13.6. The summed E-state index contributed by atoms with van der Waals surface area (Å²) in [6.45, 7) is 3.73. The average molecular weight is 240 g/mol. The van der Waals surface area contributed by atoms with Gasteiger partial charge in [-0.15, -0.1) is 0 Å². The molecule has 0 aromatic heterocycles. The smallest absolute Gasteiger partial charge is 0.256 e. The first kappa shape index (κ1) is 12.0.